The highest BCUT2D eigenvalue weighted by Gasteiger charge is 2.12. The second-order valence-electron chi connectivity index (χ2n) is 4.76. The van der Waals surface area contributed by atoms with Crippen LogP contribution in [-0.2, 0) is 16.4 Å². The van der Waals surface area contributed by atoms with Crippen LogP contribution in [0.5, 0.6) is 0 Å². The topological polar surface area (TPSA) is 58.2 Å². The van der Waals surface area contributed by atoms with E-state index in [2.05, 4.69) is 36.0 Å². The van der Waals surface area contributed by atoms with Gasteiger partial charge in [-0.15, -0.1) is 11.3 Å². The zero-order valence-electron chi connectivity index (χ0n) is 12.4. The molecule has 0 radical (unpaired) electrons. The van der Waals surface area contributed by atoms with E-state index in [4.69, 9.17) is 0 Å². The van der Waals surface area contributed by atoms with Gasteiger partial charge < -0.3 is 5.32 Å². The fourth-order valence-electron chi connectivity index (χ4n) is 1.99. The van der Waals surface area contributed by atoms with Gasteiger partial charge >= 0.3 is 0 Å². The first-order chi connectivity index (χ1) is 9.96. The molecule has 2 aromatic rings. The molecule has 0 spiro atoms. The molecular weight excluding hydrogens is 304 g/mol. The second kappa shape index (κ2) is 6.60. The van der Waals surface area contributed by atoms with Crippen LogP contribution < -0.4 is 10.0 Å². The van der Waals surface area contributed by atoms with E-state index in [1.807, 2.05) is 0 Å². The summed E-state index contributed by atoms with van der Waals surface area (Å²) in [6, 6.07) is 11.3. The maximum atomic E-state index is 11.7. The van der Waals surface area contributed by atoms with E-state index < -0.39 is 10.0 Å². The normalized spacial score (nSPS) is 13.1. The Morgan fingerprint density at radius 1 is 1.14 bits per heavy atom. The summed E-state index contributed by atoms with van der Waals surface area (Å²) in [5.74, 6) is 0. The average molecular weight is 324 g/mol. The van der Waals surface area contributed by atoms with E-state index in [1.165, 1.54) is 16.8 Å². The molecule has 114 valence electrons. The number of hydrogen-bond donors (Lipinski definition) is 2. The number of sulfonamides is 1. The smallest absolute Gasteiger partial charge is 0.240 e. The van der Waals surface area contributed by atoms with Crippen LogP contribution in [0.2, 0.25) is 0 Å². The molecule has 0 bridgehead atoms. The van der Waals surface area contributed by atoms with Crippen LogP contribution in [0.25, 0.3) is 0 Å². The second-order valence-corrected chi connectivity index (χ2v) is 7.84. The third kappa shape index (κ3) is 3.84. The summed E-state index contributed by atoms with van der Waals surface area (Å²) in [6.45, 7) is 4.25. The molecule has 0 aliphatic rings. The fraction of sp³-hybridized carbons (Fsp3) is 0.333. The molecule has 1 atom stereocenters. The van der Waals surface area contributed by atoms with Gasteiger partial charge in [0.15, 0.2) is 0 Å². The van der Waals surface area contributed by atoms with Crippen molar-refractivity contribution in [2.45, 2.75) is 31.2 Å². The van der Waals surface area contributed by atoms with Gasteiger partial charge in [0.05, 0.1) is 10.9 Å². The quantitative estimate of drug-likeness (QED) is 0.856. The van der Waals surface area contributed by atoms with E-state index in [0.717, 1.165) is 12.1 Å². The molecule has 0 fully saturated rings. The summed E-state index contributed by atoms with van der Waals surface area (Å²) in [5, 5.41) is 3.39. The van der Waals surface area contributed by atoms with Crippen molar-refractivity contribution in [3.8, 4) is 0 Å². The third-order valence-corrected chi connectivity index (χ3v) is 6.12. The van der Waals surface area contributed by atoms with Crippen LogP contribution in [0, 0.1) is 0 Å². The molecule has 2 N–H and O–H groups in total. The highest BCUT2D eigenvalue weighted by Crippen LogP contribution is 2.26. The molecule has 1 aromatic heterocycles. The third-order valence-electron chi connectivity index (χ3n) is 3.27. The Balaban J connectivity index is 2.09. The summed E-state index contributed by atoms with van der Waals surface area (Å²) < 4.78 is 25.6. The molecule has 0 aliphatic heterocycles. The molecule has 21 heavy (non-hydrogen) atoms. The molecule has 4 nitrogen and oxygen atoms in total. The molecule has 0 amide bonds. The van der Waals surface area contributed by atoms with Gasteiger partial charge in [0.25, 0.3) is 0 Å². The first kappa shape index (κ1) is 16.0. The van der Waals surface area contributed by atoms with Gasteiger partial charge in [0, 0.05) is 15.4 Å². The molecule has 0 aliphatic carbocycles. The molecule has 6 heteroatoms. The van der Waals surface area contributed by atoms with Gasteiger partial charge in [0.1, 0.15) is 0 Å². The largest absolute Gasteiger partial charge is 0.378 e. The lowest BCUT2D eigenvalue weighted by Crippen LogP contribution is -2.18. The summed E-state index contributed by atoms with van der Waals surface area (Å²) in [4.78, 5) is 2.92. The maximum absolute atomic E-state index is 11.7. The van der Waals surface area contributed by atoms with E-state index in [0.29, 0.717) is 0 Å². The summed E-state index contributed by atoms with van der Waals surface area (Å²) in [5.41, 5.74) is 0.906. The van der Waals surface area contributed by atoms with Crippen molar-refractivity contribution in [3.05, 3.63) is 46.2 Å². The monoisotopic (exact) mass is 324 g/mol. The van der Waals surface area contributed by atoms with E-state index in [1.54, 1.807) is 35.6 Å². The van der Waals surface area contributed by atoms with Crippen molar-refractivity contribution in [1.29, 1.82) is 0 Å². The van der Waals surface area contributed by atoms with Crippen LogP contribution in [0.4, 0.5) is 5.69 Å². The van der Waals surface area contributed by atoms with Crippen molar-refractivity contribution in [1.82, 2.24) is 4.72 Å². The predicted octanol–water partition coefficient (Wildman–Crippen LogP) is 3.39. The van der Waals surface area contributed by atoms with Crippen molar-refractivity contribution in [2.24, 2.45) is 0 Å². The van der Waals surface area contributed by atoms with E-state index in [-0.39, 0.29) is 10.9 Å². The first-order valence-electron chi connectivity index (χ1n) is 6.85. The Kier molecular flexibility index (Phi) is 5.03. The average Bonchev–Trinajstić information content (AvgIpc) is 2.97. The van der Waals surface area contributed by atoms with Crippen LogP contribution in [0.15, 0.2) is 41.3 Å². The zero-order chi connectivity index (χ0) is 15.5. The lowest BCUT2D eigenvalue weighted by atomic mass is 10.2. The number of nitrogens with one attached hydrogen (secondary N) is 2. The number of hydrogen-bond acceptors (Lipinski definition) is 4. The number of rotatable bonds is 6. The molecule has 0 saturated heterocycles. The van der Waals surface area contributed by atoms with Gasteiger partial charge in [0.2, 0.25) is 10.0 Å². The van der Waals surface area contributed by atoms with Crippen LogP contribution in [0.1, 0.15) is 29.6 Å². The van der Waals surface area contributed by atoms with Crippen molar-refractivity contribution < 1.29 is 8.42 Å². The van der Waals surface area contributed by atoms with Crippen molar-refractivity contribution in [2.75, 3.05) is 12.4 Å². The number of anilines is 1. The Morgan fingerprint density at radius 3 is 2.33 bits per heavy atom. The van der Waals surface area contributed by atoms with E-state index >= 15 is 0 Å². The Morgan fingerprint density at radius 2 is 1.81 bits per heavy atom. The molecule has 1 aromatic carbocycles. The number of thiophene rings is 1. The summed E-state index contributed by atoms with van der Waals surface area (Å²) in [6.07, 6.45) is 1.05. The fourth-order valence-corrected chi connectivity index (χ4v) is 3.67. The van der Waals surface area contributed by atoms with Crippen molar-refractivity contribution >= 4 is 27.0 Å². The summed E-state index contributed by atoms with van der Waals surface area (Å²) in [7, 11) is -1.96. The Bertz CT molecular complexity index is 691. The maximum Gasteiger partial charge on any atom is 0.240 e. The number of aryl methyl sites for hydroxylation is 1. The number of benzene rings is 1. The lowest BCUT2D eigenvalue weighted by molar-refractivity contribution is 0.588. The van der Waals surface area contributed by atoms with Gasteiger partial charge in [-0.3, -0.25) is 0 Å². The molecule has 1 unspecified atom stereocenters. The van der Waals surface area contributed by atoms with Crippen LogP contribution in [0.3, 0.4) is 0 Å². The molecular formula is C15H20N2O2S2. The molecule has 1 heterocycles. The van der Waals surface area contributed by atoms with Gasteiger partial charge in [-0.2, -0.15) is 0 Å². The minimum atomic E-state index is -3.37. The van der Waals surface area contributed by atoms with Gasteiger partial charge in [-0.05, 0) is 56.8 Å². The Hall–Kier alpha value is -1.37. The van der Waals surface area contributed by atoms with Gasteiger partial charge in [-0.25, -0.2) is 13.1 Å². The predicted molar refractivity (Wildman–Crippen MR) is 88.4 cm³/mol. The first-order valence-corrected chi connectivity index (χ1v) is 9.15. The minimum Gasteiger partial charge on any atom is -0.378 e. The van der Waals surface area contributed by atoms with Crippen LogP contribution >= 0.6 is 11.3 Å². The lowest BCUT2D eigenvalue weighted by Gasteiger charge is -2.14. The Labute approximate surface area is 130 Å². The zero-order valence-corrected chi connectivity index (χ0v) is 14.0. The van der Waals surface area contributed by atoms with E-state index in [9.17, 15) is 8.42 Å². The van der Waals surface area contributed by atoms with Gasteiger partial charge in [-0.1, -0.05) is 6.92 Å². The van der Waals surface area contributed by atoms with Crippen molar-refractivity contribution in [3.63, 3.8) is 0 Å². The SMILES string of the molecule is CCc1ccc(C(C)Nc2ccc(S(=O)(=O)NC)cc2)s1. The molecule has 2 rings (SSSR count). The molecule has 0 saturated carbocycles. The highest BCUT2D eigenvalue weighted by atomic mass is 32.2. The highest BCUT2D eigenvalue weighted by molar-refractivity contribution is 7.89. The minimum absolute atomic E-state index is 0.196. The standard InChI is InChI=1S/C15H20N2O2S2/c1-4-13-7-10-15(20-13)11(2)17-12-5-8-14(9-6-12)21(18,19)16-3/h5-11,16-17H,4H2,1-3H3. The van der Waals surface area contributed by atoms with Crippen LogP contribution in [-0.4, -0.2) is 15.5 Å². The summed E-state index contributed by atoms with van der Waals surface area (Å²) >= 11 is 1.80.